The number of aryl methyl sites for hydroxylation is 2. The third-order valence-corrected chi connectivity index (χ3v) is 2.41. The first-order valence-electron chi connectivity index (χ1n) is 3.61. The van der Waals surface area contributed by atoms with Crippen LogP contribution < -0.4 is 0 Å². The number of H-pyrrole nitrogens is 1. The third-order valence-electron chi connectivity index (χ3n) is 1.55. The molecule has 3 nitrogen and oxygen atoms in total. The first-order chi connectivity index (χ1) is 5.29. The van der Waals surface area contributed by atoms with Crippen LogP contribution in [0.2, 0.25) is 0 Å². The molecule has 0 saturated carbocycles. The molecular weight excluding hydrogens is 158 g/mol. The molecule has 0 aromatic carbocycles. The zero-order valence-electron chi connectivity index (χ0n) is 6.51. The van der Waals surface area contributed by atoms with Crippen LogP contribution in [0.1, 0.15) is 17.8 Å². The lowest BCUT2D eigenvalue weighted by atomic mass is 10.5. The van der Waals surface area contributed by atoms with E-state index in [1.807, 2.05) is 6.92 Å². The van der Waals surface area contributed by atoms with Crippen molar-refractivity contribution in [3.63, 3.8) is 0 Å². The maximum Gasteiger partial charge on any atom is 0.169 e. The maximum atomic E-state index is 4.35. The minimum atomic E-state index is 0.935. The Labute approximate surface area is 68.5 Å². The minimum Gasteiger partial charge on any atom is -0.326 e. The highest BCUT2D eigenvalue weighted by atomic mass is 32.1. The molecule has 0 bridgehead atoms. The number of nitrogens with one attached hydrogen (secondary N) is 1. The molecule has 0 aliphatic carbocycles. The summed E-state index contributed by atoms with van der Waals surface area (Å²) in [6.07, 6.45) is 0.947. The standard InChI is InChI=1S/C7H9N3S/c1-3-5-9-6-7(10-5)11-4(2)8-6/h3H2,1-2H3,(H,9,10). The topological polar surface area (TPSA) is 41.6 Å². The summed E-state index contributed by atoms with van der Waals surface area (Å²) in [7, 11) is 0. The van der Waals surface area contributed by atoms with Gasteiger partial charge in [0.2, 0.25) is 0 Å². The van der Waals surface area contributed by atoms with Gasteiger partial charge in [0.1, 0.15) is 5.82 Å². The molecule has 0 saturated heterocycles. The lowest BCUT2D eigenvalue weighted by Gasteiger charge is -1.82. The molecule has 0 amide bonds. The van der Waals surface area contributed by atoms with Crippen molar-refractivity contribution in [2.45, 2.75) is 20.3 Å². The Kier molecular flexibility index (Phi) is 1.42. The van der Waals surface area contributed by atoms with E-state index >= 15 is 0 Å². The predicted molar refractivity (Wildman–Crippen MR) is 45.9 cm³/mol. The largest absolute Gasteiger partial charge is 0.326 e. The Hall–Kier alpha value is -0.900. The quantitative estimate of drug-likeness (QED) is 0.704. The highest BCUT2D eigenvalue weighted by Crippen LogP contribution is 2.18. The summed E-state index contributed by atoms with van der Waals surface area (Å²) in [5, 5.41) is 1.07. The lowest BCUT2D eigenvalue weighted by molar-refractivity contribution is 0.996. The molecule has 0 unspecified atom stereocenters. The molecule has 0 fully saturated rings. The van der Waals surface area contributed by atoms with Crippen molar-refractivity contribution in [1.82, 2.24) is 15.0 Å². The zero-order valence-corrected chi connectivity index (χ0v) is 7.33. The molecule has 2 rings (SSSR count). The van der Waals surface area contributed by atoms with Crippen molar-refractivity contribution < 1.29 is 0 Å². The van der Waals surface area contributed by atoms with Gasteiger partial charge in [0, 0.05) is 6.42 Å². The monoisotopic (exact) mass is 167 g/mol. The van der Waals surface area contributed by atoms with E-state index in [-0.39, 0.29) is 0 Å². The van der Waals surface area contributed by atoms with E-state index in [0.29, 0.717) is 0 Å². The van der Waals surface area contributed by atoms with Gasteiger partial charge in [-0.05, 0) is 6.92 Å². The normalized spacial score (nSPS) is 11.1. The van der Waals surface area contributed by atoms with Crippen LogP contribution in [0, 0.1) is 6.92 Å². The van der Waals surface area contributed by atoms with E-state index < -0.39 is 0 Å². The third kappa shape index (κ3) is 1.03. The Morgan fingerprint density at radius 1 is 1.45 bits per heavy atom. The molecule has 2 aromatic heterocycles. The molecule has 0 aliphatic heterocycles. The lowest BCUT2D eigenvalue weighted by Crippen LogP contribution is -1.81. The van der Waals surface area contributed by atoms with Crippen LogP contribution in [0.4, 0.5) is 0 Å². The average Bonchev–Trinajstić information content (AvgIpc) is 2.43. The number of hydrogen-bond donors (Lipinski definition) is 1. The molecule has 0 aliphatic rings. The second-order valence-electron chi connectivity index (χ2n) is 2.42. The van der Waals surface area contributed by atoms with Gasteiger partial charge in [-0.1, -0.05) is 18.3 Å². The van der Waals surface area contributed by atoms with Crippen molar-refractivity contribution in [2.75, 3.05) is 0 Å². The number of nitrogens with zero attached hydrogens (tertiary/aromatic N) is 2. The van der Waals surface area contributed by atoms with Gasteiger partial charge in [0.15, 0.2) is 10.5 Å². The van der Waals surface area contributed by atoms with Crippen LogP contribution in [-0.4, -0.2) is 15.0 Å². The van der Waals surface area contributed by atoms with Gasteiger partial charge in [-0.15, -0.1) is 0 Å². The van der Waals surface area contributed by atoms with Gasteiger partial charge in [0.25, 0.3) is 0 Å². The number of rotatable bonds is 1. The predicted octanol–water partition coefficient (Wildman–Crippen LogP) is 1.89. The molecule has 2 heterocycles. The number of aromatic amines is 1. The Morgan fingerprint density at radius 3 is 2.91 bits per heavy atom. The second kappa shape index (κ2) is 2.30. The van der Waals surface area contributed by atoms with Crippen LogP contribution in [0.3, 0.4) is 0 Å². The van der Waals surface area contributed by atoms with Crippen LogP contribution in [0.5, 0.6) is 0 Å². The number of thiazole rings is 1. The highest BCUT2D eigenvalue weighted by Gasteiger charge is 2.04. The maximum absolute atomic E-state index is 4.35. The average molecular weight is 167 g/mol. The van der Waals surface area contributed by atoms with E-state index in [1.165, 1.54) is 0 Å². The van der Waals surface area contributed by atoms with Crippen molar-refractivity contribution in [3.05, 3.63) is 10.8 Å². The summed E-state index contributed by atoms with van der Waals surface area (Å²) in [6.45, 7) is 4.07. The molecule has 58 valence electrons. The van der Waals surface area contributed by atoms with Gasteiger partial charge in [-0.3, -0.25) is 0 Å². The number of hydrogen-bond acceptors (Lipinski definition) is 3. The summed E-state index contributed by atoms with van der Waals surface area (Å²) in [5.74, 6) is 1.03. The molecular formula is C7H9N3S. The van der Waals surface area contributed by atoms with Crippen molar-refractivity contribution in [3.8, 4) is 0 Å². The molecule has 4 heteroatoms. The molecule has 1 N–H and O–H groups in total. The van der Waals surface area contributed by atoms with Crippen LogP contribution >= 0.6 is 11.3 Å². The molecule has 11 heavy (non-hydrogen) atoms. The summed E-state index contributed by atoms with van der Waals surface area (Å²) in [4.78, 5) is 12.8. The van der Waals surface area contributed by atoms with E-state index in [0.717, 1.165) is 27.7 Å². The van der Waals surface area contributed by atoms with Gasteiger partial charge in [0.05, 0.1) is 5.01 Å². The summed E-state index contributed by atoms with van der Waals surface area (Å²) in [6, 6.07) is 0. The first-order valence-corrected chi connectivity index (χ1v) is 4.43. The van der Waals surface area contributed by atoms with E-state index in [1.54, 1.807) is 11.3 Å². The summed E-state index contributed by atoms with van der Waals surface area (Å²) in [5.41, 5.74) is 0.935. The van der Waals surface area contributed by atoms with Gasteiger partial charge < -0.3 is 4.98 Å². The van der Waals surface area contributed by atoms with Crippen molar-refractivity contribution in [1.29, 1.82) is 0 Å². The highest BCUT2D eigenvalue weighted by molar-refractivity contribution is 7.18. The van der Waals surface area contributed by atoms with E-state index in [9.17, 15) is 0 Å². The molecule has 2 aromatic rings. The first kappa shape index (κ1) is 6.79. The summed E-state index contributed by atoms with van der Waals surface area (Å²) >= 11 is 1.63. The zero-order chi connectivity index (χ0) is 7.84. The van der Waals surface area contributed by atoms with Crippen molar-refractivity contribution >= 4 is 21.8 Å². The minimum absolute atomic E-state index is 0.935. The van der Waals surface area contributed by atoms with Gasteiger partial charge in [-0.2, -0.15) is 0 Å². The van der Waals surface area contributed by atoms with Gasteiger partial charge in [-0.25, -0.2) is 9.97 Å². The molecule has 0 spiro atoms. The van der Waals surface area contributed by atoms with Crippen molar-refractivity contribution in [2.24, 2.45) is 0 Å². The Bertz CT molecular complexity index is 342. The fraction of sp³-hybridized carbons (Fsp3) is 0.429. The fourth-order valence-electron chi connectivity index (χ4n) is 1.03. The summed E-state index contributed by atoms with van der Waals surface area (Å²) < 4.78 is 0. The fourth-order valence-corrected chi connectivity index (χ4v) is 1.79. The van der Waals surface area contributed by atoms with E-state index in [2.05, 4.69) is 21.9 Å². The Balaban J connectivity index is 2.64. The molecule has 0 atom stereocenters. The molecule has 0 radical (unpaired) electrons. The SMILES string of the molecule is CCc1nc2sc(C)nc2[nH]1. The number of fused-ring (bicyclic) bond motifs is 1. The Morgan fingerprint density at radius 2 is 2.27 bits per heavy atom. The second-order valence-corrected chi connectivity index (χ2v) is 3.61. The van der Waals surface area contributed by atoms with Crippen LogP contribution in [0.15, 0.2) is 0 Å². The van der Waals surface area contributed by atoms with Gasteiger partial charge >= 0.3 is 0 Å². The van der Waals surface area contributed by atoms with Crippen LogP contribution in [0.25, 0.3) is 10.5 Å². The number of aromatic nitrogens is 3. The number of imidazole rings is 1. The van der Waals surface area contributed by atoms with Crippen LogP contribution in [-0.2, 0) is 6.42 Å². The van der Waals surface area contributed by atoms with E-state index in [4.69, 9.17) is 0 Å². The smallest absolute Gasteiger partial charge is 0.169 e.